The number of carbonyl (C=O) groups is 2. The fraction of sp³-hybridized carbons (Fsp3) is 0.529. The Hall–Kier alpha value is -3.16. The van der Waals surface area contributed by atoms with Gasteiger partial charge in [0.05, 0.1) is 11.7 Å². The number of aromatic amines is 1. The first-order valence-corrected chi connectivity index (χ1v) is 18.2. The molecule has 4 N–H and O–H groups in total. The number of nitrogens with zero attached hydrogens (tertiary/aromatic N) is 5. The summed E-state index contributed by atoms with van der Waals surface area (Å²) in [4.78, 5) is 49.4. The van der Waals surface area contributed by atoms with Crippen molar-refractivity contribution in [3.05, 3.63) is 67.5 Å². The predicted molar refractivity (Wildman–Crippen MR) is 190 cm³/mol. The predicted octanol–water partition coefficient (Wildman–Crippen LogP) is 4.88. The van der Waals surface area contributed by atoms with Crippen molar-refractivity contribution < 1.29 is 9.59 Å². The van der Waals surface area contributed by atoms with E-state index in [-0.39, 0.29) is 23.7 Å². The molecule has 0 aliphatic carbocycles. The molecule has 47 heavy (non-hydrogen) atoms. The number of rotatable bonds is 7. The maximum absolute atomic E-state index is 14.1. The highest BCUT2D eigenvalue weighted by Crippen LogP contribution is 2.33. The van der Waals surface area contributed by atoms with Gasteiger partial charge in [0.25, 0.3) is 0 Å². The smallest absolute Gasteiger partial charge is 0.343 e. The summed E-state index contributed by atoms with van der Waals surface area (Å²) in [6.07, 6.45) is 6.00. The number of nitrogens with two attached hydrogens (primary N) is 1. The number of nitrogens with one attached hydrogen (secondary N) is 2. The van der Waals surface area contributed by atoms with E-state index in [1.807, 2.05) is 47.4 Å². The molecule has 3 fully saturated rings. The highest BCUT2D eigenvalue weighted by Gasteiger charge is 2.35. The molecule has 0 spiro atoms. The SMILES string of the molecule is CN1CCC(C2CCN(C(=O)[C@@H](Cc3cc(Br)c(N)c(Br)c3)NC(=O)N3CCC(n4nc(-c5ccccc5)[nH]c4=O)CC3)CC2)CC1. The van der Waals surface area contributed by atoms with Crippen molar-refractivity contribution in [2.24, 2.45) is 11.8 Å². The van der Waals surface area contributed by atoms with Crippen LogP contribution < -0.4 is 16.7 Å². The number of amides is 3. The quantitative estimate of drug-likeness (QED) is 0.294. The molecule has 1 atom stereocenters. The average Bonchev–Trinajstić information content (AvgIpc) is 3.48. The number of H-pyrrole nitrogens is 1. The van der Waals surface area contributed by atoms with E-state index in [2.05, 4.69) is 59.2 Å². The van der Waals surface area contributed by atoms with Crippen LogP contribution in [0.4, 0.5) is 10.5 Å². The monoisotopic (exact) mass is 770 g/mol. The maximum atomic E-state index is 14.1. The van der Waals surface area contributed by atoms with Crippen LogP contribution in [0.1, 0.15) is 50.1 Å². The molecule has 6 rings (SSSR count). The zero-order chi connectivity index (χ0) is 33.1. The first kappa shape index (κ1) is 33.7. The van der Waals surface area contributed by atoms with Crippen molar-refractivity contribution in [3.8, 4) is 11.4 Å². The lowest BCUT2D eigenvalue weighted by atomic mass is 9.79. The number of carbonyl (C=O) groups excluding carboxylic acids is 2. The molecule has 4 heterocycles. The summed E-state index contributed by atoms with van der Waals surface area (Å²) < 4.78 is 2.99. The maximum Gasteiger partial charge on any atom is 0.343 e. The van der Waals surface area contributed by atoms with Gasteiger partial charge in [-0.05, 0) is 120 Å². The summed E-state index contributed by atoms with van der Waals surface area (Å²) in [5.74, 6) is 1.87. The molecule has 3 aliphatic rings. The second-order valence-electron chi connectivity index (χ2n) is 13.3. The van der Waals surface area contributed by atoms with E-state index in [0.29, 0.717) is 62.9 Å². The number of benzene rings is 2. The molecule has 3 aliphatic heterocycles. The molecule has 0 radical (unpaired) electrons. The zero-order valence-corrected chi connectivity index (χ0v) is 30.0. The molecule has 0 unspecified atom stereocenters. The summed E-state index contributed by atoms with van der Waals surface area (Å²) in [5, 5.41) is 7.66. The number of halogens is 2. The van der Waals surface area contributed by atoms with E-state index >= 15 is 0 Å². The van der Waals surface area contributed by atoms with Crippen molar-refractivity contribution in [1.82, 2.24) is 34.8 Å². The number of hydrogen-bond acceptors (Lipinski definition) is 6. The van der Waals surface area contributed by atoms with E-state index in [4.69, 9.17) is 5.73 Å². The van der Waals surface area contributed by atoms with Gasteiger partial charge in [-0.25, -0.2) is 14.3 Å². The van der Waals surface area contributed by atoms with Gasteiger partial charge in [-0.1, -0.05) is 30.3 Å². The molecule has 3 amide bonds. The van der Waals surface area contributed by atoms with Gasteiger partial charge in [0.15, 0.2) is 5.82 Å². The standard InChI is InChI=1S/C34H44Br2N8O3/c1-41-13-7-23(8-14-41)24-9-15-42(16-10-24)32(45)29(21-22-19-27(35)30(37)28(36)20-22)38-33(46)43-17-11-26(12-18-43)44-34(47)39-31(40-44)25-5-3-2-4-6-25/h2-6,19-20,23-24,26,29H,7-18,21,37H2,1H3,(H,38,46)(H,39,40,47)/t29-/m1/s1. The van der Waals surface area contributed by atoms with Crippen molar-refractivity contribution in [1.29, 1.82) is 0 Å². The Morgan fingerprint density at radius 3 is 2.11 bits per heavy atom. The Bertz CT molecular complexity index is 1580. The largest absolute Gasteiger partial charge is 0.397 e. The van der Waals surface area contributed by atoms with Crippen molar-refractivity contribution in [3.63, 3.8) is 0 Å². The Kier molecular flexibility index (Phi) is 10.7. The van der Waals surface area contributed by atoms with Gasteiger partial charge in [0.1, 0.15) is 6.04 Å². The average molecular weight is 773 g/mol. The molecule has 2 aromatic carbocycles. The fourth-order valence-corrected chi connectivity index (χ4v) is 8.65. The topological polar surface area (TPSA) is 133 Å². The van der Waals surface area contributed by atoms with Crippen molar-refractivity contribution in [2.75, 3.05) is 52.0 Å². The Balaban J connectivity index is 1.10. The van der Waals surface area contributed by atoms with Gasteiger partial charge >= 0.3 is 11.7 Å². The lowest BCUT2D eigenvalue weighted by molar-refractivity contribution is -0.135. The lowest BCUT2D eigenvalue weighted by Crippen LogP contribution is -2.55. The molecule has 11 nitrogen and oxygen atoms in total. The zero-order valence-electron chi connectivity index (χ0n) is 26.8. The Morgan fingerprint density at radius 1 is 0.915 bits per heavy atom. The highest BCUT2D eigenvalue weighted by atomic mass is 79.9. The molecule has 252 valence electrons. The summed E-state index contributed by atoms with van der Waals surface area (Å²) in [7, 11) is 2.19. The van der Waals surface area contributed by atoms with Crippen LogP contribution in [0.15, 0.2) is 56.2 Å². The minimum atomic E-state index is -0.718. The number of urea groups is 1. The molecular formula is C34H44Br2N8O3. The Labute approximate surface area is 292 Å². The Morgan fingerprint density at radius 2 is 1.49 bits per heavy atom. The van der Waals surface area contributed by atoms with E-state index in [9.17, 15) is 14.4 Å². The van der Waals surface area contributed by atoms with Gasteiger partial charge in [-0.15, -0.1) is 5.10 Å². The molecule has 0 bridgehead atoms. The third-order valence-electron chi connectivity index (χ3n) is 10.2. The van der Waals surface area contributed by atoms with Crippen LogP contribution in [0, 0.1) is 11.8 Å². The summed E-state index contributed by atoms with van der Waals surface area (Å²) in [6, 6.07) is 12.3. The second kappa shape index (κ2) is 14.9. The van der Waals surface area contributed by atoms with E-state index in [0.717, 1.165) is 51.9 Å². The number of hydrogen-bond donors (Lipinski definition) is 3. The van der Waals surface area contributed by atoms with E-state index in [1.165, 1.54) is 17.5 Å². The first-order valence-electron chi connectivity index (χ1n) is 16.7. The van der Waals surface area contributed by atoms with Crippen LogP contribution >= 0.6 is 31.9 Å². The minimum absolute atomic E-state index is 0.0457. The van der Waals surface area contributed by atoms with Gasteiger partial charge in [0.2, 0.25) is 5.91 Å². The number of nitrogen functional groups attached to an aromatic ring is 1. The van der Waals surface area contributed by atoms with Crippen LogP contribution in [0.3, 0.4) is 0 Å². The summed E-state index contributed by atoms with van der Waals surface area (Å²) in [6.45, 7) is 4.64. The molecule has 3 saturated heterocycles. The third-order valence-corrected chi connectivity index (χ3v) is 11.6. The second-order valence-corrected chi connectivity index (χ2v) is 15.0. The third kappa shape index (κ3) is 7.94. The number of likely N-dealkylation sites (tertiary alicyclic amines) is 3. The van der Waals surface area contributed by atoms with Gasteiger partial charge in [-0.2, -0.15) is 0 Å². The number of aromatic nitrogens is 3. The van der Waals surface area contributed by atoms with Gasteiger partial charge in [-0.3, -0.25) is 9.78 Å². The molecule has 0 saturated carbocycles. The van der Waals surface area contributed by atoms with Crippen LogP contribution in [-0.2, 0) is 11.2 Å². The number of anilines is 1. The summed E-state index contributed by atoms with van der Waals surface area (Å²) in [5.41, 5.74) is 8.22. The van der Waals surface area contributed by atoms with Crippen LogP contribution in [0.25, 0.3) is 11.4 Å². The number of piperidine rings is 3. The van der Waals surface area contributed by atoms with Crippen LogP contribution in [0.2, 0.25) is 0 Å². The van der Waals surface area contributed by atoms with Gasteiger partial charge in [0, 0.05) is 47.1 Å². The minimum Gasteiger partial charge on any atom is -0.397 e. The molecule has 1 aromatic heterocycles. The summed E-state index contributed by atoms with van der Waals surface area (Å²) >= 11 is 7.05. The normalized spacial score (nSPS) is 19.6. The molecule has 3 aromatic rings. The lowest BCUT2D eigenvalue weighted by Gasteiger charge is -2.40. The van der Waals surface area contributed by atoms with Crippen molar-refractivity contribution in [2.45, 2.75) is 57.0 Å². The molecule has 13 heteroatoms. The van der Waals surface area contributed by atoms with E-state index in [1.54, 1.807) is 4.90 Å². The van der Waals surface area contributed by atoms with E-state index < -0.39 is 6.04 Å². The van der Waals surface area contributed by atoms with Crippen molar-refractivity contribution >= 4 is 49.5 Å². The fourth-order valence-electron chi connectivity index (χ4n) is 7.37. The molecular weight excluding hydrogens is 728 g/mol. The van der Waals surface area contributed by atoms with Gasteiger partial charge < -0.3 is 25.8 Å². The highest BCUT2D eigenvalue weighted by molar-refractivity contribution is 9.11. The van der Waals surface area contributed by atoms with Crippen LogP contribution in [-0.4, -0.2) is 93.8 Å². The first-order chi connectivity index (χ1) is 22.7. The van der Waals surface area contributed by atoms with Crippen LogP contribution in [0.5, 0.6) is 0 Å².